The van der Waals surface area contributed by atoms with E-state index >= 15 is 0 Å². The molecule has 0 aliphatic heterocycles. The Morgan fingerprint density at radius 3 is 0.842 bits per heavy atom. The predicted molar refractivity (Wildman–Crippen MR) is 159 cm³/mol. The maximum absolute atomic E-state index is 11.6. The van der Waals surface area contributed by atoms with Crippen molar-refractivity contribution in [1.82, 2.24) is 0 Å². The molecule has 0 aromatic heterocycles. The lowest BCUT2D eigenvalue weighted by Crippen LogP contribution is -2.21. The van der Waals surface area contributed by atoms with E-state index in [1.54, 1.807) is 0 Å². The van der Waals surface area contributed by atoms with Gasteiger partial charge in [-0.05, 0) is 24.7 Å². The van der Waals surface area contributed by atoms with Gasteiger partial charge < -0.3 is 10.2 Å². The molecule has 0 saturated heterocycles. The van der Waals surface area contributed by atoms with Crippen molar-refractivity contribution in [3.63, 3.8) is 0 Å². The fourth-order valence-electron chi connectivity index (χ4n) is 4.88. The van der Waals surface area contributed by atoms with Crippen LogP contribution in [0.3, 0.4) is 0 Å². The molecule has 0 aromatic carbocycles. The number of carbonyl (C=O) groups is 2. The van der Waals surface area contributed by atoms with Crippen LogP contribution in [-0.2, 0) is 9.59 Å². The van der Waals surface area contributed by atoms with Crippen molar-refractivity contribution in [2.45, 2.75) is 181 Å². The molecule has 0 aliphatic rings. The zero-order valence-corrected chi connectivity index (χ0v) is 25.5. The fourth-order valence-corrected chi connectivity index (χ4v) is 4.88. The van der Waals surface area contributed by atoms with E-state index in [2.05, 4.69) is 37.9 Å². The molecule has 0 rings (SSSR count). The van der Waals surface area contributed by atoms with E-state index in [4.69, 9.17) is 0 Å². The Balaban J connectivity index is 3.96. The lowest BCUT2D eigenvalue weighted by Gasteiger charge is -2.10. The molecule has 224 valence electrons. The van der Waals surface area contributed by atoms with Crippen molar-refractivity contribution >= 4 is 11.9 Å². The van der Waals surface area contributed by atoms with E-state index in [1.807, 2.05) is 0 Å². The topological polar surface area (TPSA) is 99.3 Å². The van der Waals surface area contributed by atoms with E-state index < -0.39 is 24.0 Å². The van der Waals surface area contributed by atoms with Crippen LogP contribution in [0, 0.1) is 11.8 Å². The summed E-state index contributed by atoms with van der Waals surface area (Å²) in [4.78, 5) is 23.2. The smallest absolute Gasteiger partial charge is 0.330 e. The van der Waals surface area contributed by atoms with E-state index in [0.717, 1.165) is 50.4 Å². The first-order chi connectivity index (χ1) is 18.2. The van der Waals surface area contributed by atoms with Gasteiger partial charge in [0.2, 0.25) is 0 Å². The molecular weight excluding hydrogens is 476 g/mol. The van der Waals surface area contributed by atoms with Crippen LogP contribution >= 0.6 is 0 Å². The Morgan fingerprint density at radius 2 is 0.632 bits per heavy atom. The Hall–Kier alpha value is -1.46. The molecular formula is C32H62N2O4. The van der Waals surface area contributed by atoms with Crippen molar-refractivity contribution in [3.8, 4) is 0 Å². The molecule has 0 saturated carbocycles. The minimum atomic E-state index is -1.01. The molecule has 0 heterocycles. The number of carboxylic acids is 2. The van der Waals surface area contributed by atoms with Crippen molar-refractivity contribution in [3.05, 3.63) is 0 Å². The first kappa shape index (κ1) is 36.5. The lowest BCUT2D eigenvalue weighted by molar-refractivity contribution is -0.140. The highest BCUT2D eigenvalue weighted by atomic mass is 16.4. The normalized spacial score (nSPS) is 13.5. The summed E-state index contributed by atoms with van der Waals surface area (Å²) >= 11 is 0. The third-order valence-electron chi connectivity index (χ3n) is 7.43. The van der Waals surface area contributed by atoms with Crippen LogP contribution < -0.4 is 0 Å². The van der Waals surface area contributed by atoms with Gasteiger partial charge in [-0.3, -0.25) is 0 Å². The van der Waals surface area contributed by atoms with Crippen molar-refractivity contribution in [2.24, 2.45) is 22.1 Å². The van der Waals surface area contributed by atoms with Gasteiger partial charge in [-0.2, -0.15) is 10.2 Å². The number of unbranched alkanes of at least 4 members (excludes halogenated alkanes) is 16. The molecule has 6 nitrogen and oxygen atoms in total. The second-order valence-electron chi connectivity index (χ2n) is 12.2. The number of hydrogen-bond donors (Lipinski definition) is 2. The van der Waals surface area contributed by atoms with Crippen LogP contribution in [0.5, 0.6) is 0 Å². The summed E-state index contributed by atoms with van der Waals surface area (Å²) in [6, 6.07) is -1.86. The first-order valence-electron chi connectivity index (χ1n) is 16.1. The average Bonchev–Trinajstić information content (AvgIpc) is 2.85. The molecule has 0 spiro atoms. The number of aliphatic carboxylic acids is 2. The van der Waals surface area contributed by atoms with Gasteiger partial charge in [0.15, 0.2) is 12.1 Å². The second-order valence-corrected chi connectivity index (χ2v) is 12.2. The quantitative estimate of drug-likeness (QED) is 0.0764. The zero-order chi connectivity index (χ0) is 28.4. The van der Waals surface area contributed by atoms with Crippen LogP contribution in [-0.4, -0.2) is 34.2 Å². The van der Waals surface area contributed by atoms with Crippen molar-refractivity contribution in [2.75, 3.05) is 0 Å². The van der Waals surface area contributed by atoms with Crippen LogP contribution in [0.15, 0.2) is 10.2 Å². The van der Waals surface area contributed by atoms with Crippen LogP contribution in [0.25, 0.3) is 0 Å². The van der Waals surface area contributed by atoms with E-state index in [-0.39, 0.29) is 0 Å². The number of rotatable bonds is 28. The number of azo groups is 1. The molecule has 38 heavy (non-hydrogen) atoms. The maximum Gasteiger partial charge on any atom is 0.330 e. The zero-order valence-electron chi connectivity index (χ0n) is 25.5. The third-order valence-corrected chi connectivity index (χ3v) is 7.43. The van der Waals surface area contributed by atoms with Gasteiger partial charge in [0.05, 0.1) is 0 Å². The molecule has 0 aromatic rings. The standard InChI is InChI=1S/C32H62N2O4/c1-27(2)23-19-15-11-7-5-9-13-17-21-25-29(31(35)36)33-34-30(32(37)38)26-22-18-14-10-6-8-12-16-20-24-28(3)4/h27-30H,5-26H2,1-4H3,(H,35,36)(H,37,38). The van der Waals surface area contributed by atoms with Gasteiger partial charge in [0.25, 0.3) is 0 Å². The van der Waals surface area contributed by atoms with Crippen LogP contribution in [0.4, 0.5) is 0 Å². The third kappa shape index (κ3) is 24.9. The van der Waals surface area contributed by atoms with Crippen LogP contribution in [0.1, 0.15) is 169 Å². The van der Waals surface area contributed by atoms with Gasteiger partial charge in [-0.25, -0.2) is 9.59 Å². The average molecular weight is 539 g/mol. The van der Waals surface area contributed by atoms with E-state index in [0.29, 0.717) is 12.8 Å². The van der Waals surface area contributed by atoms with Gasteiger partial charge >= 0.3 is 11.9 Å². The van der Waals surface area contributed by atoms with Crippen molar-refractivity contribution in [1.29, 1.82) is 0 Å². The highest BCUT2D eigenvalue weighted by molar-refractivity contribution is 5.74. The molecule has 0 fully saturated rings. The lowest BCUT2D eigenvalue weighted by atomic mass is 10.0. The summed E-state index contributed by atoms with van der Waals surface area (Å²) < 4.78 is 0. The largest absolute Gasteiger partial charge is 0.480 e. The monoisotopic (exact) mass is 538 g/mol. The van der Waals surface area contributed by atoms with Crippen molar-refractivity contribution < 1.29 is 19.8 Å². The number of hydrogen-bond acceptors (Lipinski definition) is 4. The minimum absolute atomic E-state index is 0.428. The minimum Gasteiger partial charge on any atom is -0.480 e. The highest BCUT2D eigenvalue weighted by Gasteiger charge is 2.20. The molecule has 0 bridgehead atoms. The summed E-state index contributed by atoms with van der Waals surface area (Å²) in [6.07, 6.45) is 24.8. The molecule has 0 amide bonds. The summed E-state index contributed by atoms with van der Waals surface area (Å²) in [7, 11) is 0. The Kier molecular flexibility index (Phi) is 24.8. The molecule has 2 atom stereocenters. The Morgan fingerprint density at radius 1 is 0.421 bits per heavy atom. The van der Waals surface area contributed by atoms with Gasteiger partial charge in [0, 0.05) is 0 Å². The molecule has 2 N–H and O–H groups in total. The first-order valence-corrected chi connectivity index (χ1v) is 16.1. The highest BCUT2D eigenvalue weighted by Crippen LogP contribution is 2.17. The summed E-state index contributed by atoms with van der Waals surface area (Å²) in [5, 5.41) is 26.9. The predicted octanol–water partition coefficient (Wildman–Crippen LogP) is 10.2. The second kappa shape index (κ2) is 25.8. The maximum atomic E-state index is 11.6. The summed E-state index contributed by atoms with van der Waals surface area (Å²) in [6.45, 7) is 9.11. The molecule has 0 aliphatic carbocycles. The SMILES string of the molecule is CC(C)CCCCCCCCCCCC(N=NC(CCCCCCCCCCCC(C)C)C(=O)O)C(=O)O. The fraction of sp³-hybridized carbons (Fsp3) is 0.938. The summed E-state index contributed by atoms with van der Waals surface area (Å²) in [5.74, 6) is -0.414. The Bertz CT molecular complexity index is 542. The summed E-state index contributed by atoms with van der Waals surface area (Å²) in [5.41, 5.74) is 0. The van der Waals surface area contributed by atoms with E-state index in [9.17, 15) is 19.8 Å². The number of nitrogens with zero attached hydrogens (tertiary/aromatic N) is 2. The molecule has 2 unspecified atom stereocenters. The molecule has 6 heteroatoms. The van der Waals surface area contributed by atoms with Crippen LogP contribution in [0.2, 0.25) is 0 Å². The van der Waals surface area contributed by atoms with Gasteiger partial charge in [-0.1, -0.05) is 156 Å². The van der Waals surface area contributed by atoms with Gasteiger partial charge in [0.1, 0.15) is 0 Å². The number of carboxylic acid groups (broad SMARTS) is 2. The molecule has 0 radical (unpaired) electrons. The Labute approximate surface area is 234 Å². The van der Waals surface area contributed by atoms with E-state index in [1.165, 1.54) is 89.9 Å². The van der Waals surface area contributed by atoms with Gasteiger partial charge in [-0.15, -0.1) is 0 Å².